The highest BCUT2D eigenvalue weighted by atomic mass is 79.9. The van der Waals surface area contributed by atoms with Gasteiger partial charge in [0.1, 0.15) is 0 Å². The summed E-state index contributed by atoms with van der Waals surface area (Å²) in [7, 11) is 1.73. The maximum absolute atomic E-state index is 12.1. The van der Waals surface area contributed by atoms with Crippen molar-refractivity contribution in [3.8, 4) is 0 Å². The van der Waals surface area contributed by atoms with E-state index in [9.17, 15) is 9.59 Å². The first-order valence-electron chi connectivity index (χ1n) is 6.42. The number of hydrogen-bond donors (Lipinski definition) is 2. The molecule has 0 radical (unpaired) electrons. The van der Waals surface area contributed by atoms with Crippen molar-refractivity contribution in [2.24, 2.45) is 0 Å². The number of amides is 2. The number of aromatic carboxylic acids is 1. The first-order valence-corrected chi connectivity index (χ1v) is 8.61. The molecule has 0 aromatic heterocycles. The molecule has 0 aliphatic heterocycles. The van der Waals surface area contributed by atoms with Crippen molar-refractivity contribution in [3.63, 3.8) is 0 Å². The van der Waals surface area contributed by atoms with E-state index in [4.69, 9.17) is 5.11 Å². The molecule has 0 aliphatic rings. The van der Waals surface area contributed by atoms with Crippen molar-refractivity contribution < 1.29 is 14.7 Å². The Labute approximate surface area is 137 Å². The van der Waals surface area contributed by atoms with Crippen molar-refractivity contribution in [2.75, 3.05) is 24.4 Å². The van der Waals surface area contributed by atoms with Crippen LogP contribution in [0.1, 0.15) is 23.7 Å². The third-order valence-corrected chi connectivity index (χ3v) is 4.50. The van der Waals surface area contributed by atoms with E-state index in [1.165, 1.54) is 6.07 Å². The van der Waals surface area contributed by atoms with Crippen molar-refractivity contribution in [1.82, 2.24) is 4.90 Å². The Hall–Kier alpha value is -1.21. The molecule has 0 saturated carbocycles. The molecule has 116 valence electrons. The smallest absolute Gasteiger partial charge is 0.336 e. The lowest BCUT2D eigenvalue weighted by atomic mass is 10.2. The van der Waals surface area contributed by atoms with Gasteiger partial charge in [-0.3, -0.25) is 0 Å². The highest BCUT2D eigenvalue weighted by Gasteiger charge is 2.16. The van der Waals surface area contributed by atoms with Crippen LogP contribution in [0.5, 0.6) is 0 Å². The molecule has 1 aromatic carbocycles. The predicted molar refractivity (Wildman–Crippen MR) is 90.3 cm³/mol. The van der Waals surface area contributed by atoms with Crippen LogP contribution in [0, 0.1) is 0 Å². The summed E-state index contributed by atoms with van der Waals surface area (Å²) in [4.78, 5) is 24.8. The molecule has 1 aromatic rings. The SMILES string of the molecule is CSCCC(C)N(C)C(=O)Nc1ccc(Br)c(C(=O)O)c1. The minimum Gasteiger partial charge on any atom is -0.478 e. The fourth-order valence-electron chi connectivity index (χ4n) is 1.66. The van der Waals surface area contributed by atoms with E-state index in [0.717, 1.165) is 12.2 Å². The molecule has 0 aliphatic carbocycles. The third kappa shape index (κ3) is 5.24. The van der Waals surface area contributed by atoms with Gasteiger partial charge in [0.25, 0.3) is 0 Å². The van der Waals surface area contributed by atoms with Crippen LogP contribution in [0.3, 0.4) is 0 Å². The zero-order valence-electron chi connectivity index (χ0n) is 12.2. The number of anilines is 1. The summed E-state index contributed by atoms with van der Waals surface area (Å²) < 4.78 is 0.481. The lowest BCUT2D eigenvalue weighted by Gasteiger charge is -2.25. The van der Waals surface area contributed by atoms with Gasteiger partial charge < -0.3 is 15.3 Å². The van der Waals surface area contributed by atoms with Gasteiger partial charge in [0.15, 0.2) is 0 Å². The largest absolute Gasteiger partial charge is 0.478 e. The third-order valence-electron chi connectivity index (χ3n) is 3.17. The van der Waals surface area contributed by atoms with Crippen molar-refractivity contribution in [1.29, 1.82) is 0 Å². The highest BCUT2D eigenvalue weighted by molar-refractivity contribution is 9.10. The Balaban J connectivity index is 2.74. The zero-order chi connectivity index (χ0) is 16.0. The molecule has 0 fully saturated rings. The van der Waals surface area contributed by atoms with Crippen LogP contribution in [0.25, 0.3) is 0 Å². The topological polar surface area (TPSA) is 69.6 Å². The summed E-state index contributed by atoms with van der Waals surface area (Å²) >= 11 is 4.91. The second-order valence-corrected chi connectivity index (χ2v) is 6.51. The van der Waals surface area contributed by atoms with Crippen LogP contribution < -0.4 is 5.32 Å². The summed E-state index contributed by atoms with van der Waals surface area (Å²) in [5.41, 5.74) is 0.579. The number of rotatable bonds is 6. The van der Waals surface area contributed by atoms with Gasteiger partial charge in [-0.05, 0) is 59.5 Å². The maximum Gasteiger partial charge on any atom is 0.336 e. The van der Waals surface area contributed by atoms with Gasteiger partial charge in [-0.1, -0.05) is 0 Å². The predicted octanol–water partition coefficient (Wildman–Crippen LogP) is 3.75. The lowest BCUT2D eigenvalue weighted by Crippen LogP contribution is -2.38. The number of hydrogen-bond acceptors (Lipinski definition) is 3. The molecule has 21 heavy (non-hydrogen) atoms. The van der Waals surface area contributed by atoms with Gasteiger partial charge in [0, 0.05) is 23.2 Å². The number of nitrogens with one attached hydrogen (secondary N) is 1. The Morgan fingerprint density at radius 3 is 2.71 bits per heavy atom. The van der Waals surface area contributed by atoms with Gasteiger partial charge in [0.2, 0.25) is 0 Å². The van der Waals surface area contributed by atoms with Crippen LogP contribution in [0.4, 0.5) is 10.5 Å². The molecule has 0 saturated heterocycles. The number of urea groups is 1. The first kappa shape index (κ1) is 17.8. The minimum atomic E-state index is -1.04. The van der Waals surface area contributed by atoms with Crippen LogP contribution in [-0.2, 0) is 0 Å². The molecular weight excluding hydrogens is 356 g/mol. The minimum absolute atomic E-state index is 0.117. The summed E-state index contributed by atoms with van der Waals surface area (Å²) in [6.07, 6.45) is 2.94. The zero-order valence-corrected chi connectivity index (χ0v) is 14.6. The van der Waals surface area contributed by atoms with E-state index >= 15 is 0 Å². The number of carboxylic acids is 1. The van der Waals surface area contributed by atoms with Crippen molar-refractivity contribution in [2.45, 2.75) is 19.4 Å². The molecule has 1 rings (SSSR count). The average molecular weight is 375 g/mol. The van der Waals surface area contributed by atoms with Gasteiger partial charge in [0.05, 0.1) is 5.56 Å². The van der Waals surface area contributed by atoms with E-state index < -0.39 is 5.97 Å². The van der Waals surface area contributed by atoms with Gasteiger partial charge >= 0.3 is 12.0 Å². The van der Waals surface area contributed by atoms with Crippen LogP contribution >= 0.6 is 27.7 Å². The Bertz CT molecular complexity index is 525. The van der Waals surface area contributed by atoms with Crippen LogP contribution in [0.2, 0.25) is 0 Å². The number of nitrogens with zero attached hydrogens (tertiary/aromatic N) is 1. The fourth-order valence-corrected chi connectivity index (χ4v) is 2.65. The Morgan fingerprint density at radius 1 is 1.48 bits per heavy atom. The van der Waals surface area contributed by atoms with E-state index in [1.807, 2.05) is 13.2 Å². The van der Waals surface area contributed by atoms with E-state index in [0.29, 0.717) is 10.2 Å². The molecule has 7 heteroatoms. The van der Waals surface area contributed by atoms with Crippen LogP contribution in [0.15, 0.2) is 22.7 Å². The molecular formula is C14H19BrN2O3S. The highest BCUT2D eigenvalue weighted by Crippen LogP contribution is 2.21. The van der Waals surface area contributed by atoms with E-state index in [1.54, 1.807) is 35.8 Å². The number of carbonyl (C=O) groups is 2. The second kappa shape index (κ2) is 8.29. The van der Waals surface area contributed by atoms with E-state index in [2.05, 4.69) is 21.2 Å². The van der Waals surface area contributed by atoms with Crippen molar-refractivity contribution >= 4 is 45.4 Å². The lowest BCUT2D eigenvalue weighted by molar-refractivity contribution is 0.0696. The maximum atomic E-state index is 12.1. The van der Waals surface area contributed by atoms with Crippen molar-refractivity contribution in [3.05, 3.63) is 28.2 Å². The summed E-state index contributed by atoms with van der Waals surface area (Å²) in [5.74, 6) is -0.0556. The van der Waals surface area contributed by atoms with E-state index in [-0.39, 0.29) is 17.6 Å². The summed E-state index contributed by atoms with van der Waals surface area (Å²) in [6.45, 7) is 1.99. The number of benzene rings is 1. The van der Waals surface area contributed by atoms with Crippen LogP contribution in [-0.4, -0.2) is 47.1 Å². The average Bonchev–Trinajstić information content (AvgIpc) is 2.45. The molecule has 5 nitrogen and oxygen atoms in total. The second-order valence-electron chi connectivity index (χ2n) is 4.67. The number of carboxylic acid groups (broad SMARTS) is 1. The van der Waals surface area contributed by atoms with Gasteiger partial charge in [-0.15, -0.1) is 0 Å². The summed E-state index contributed by atoms with van der Waals surface area (Å²) in [5, 5.41) is 11.8. The Morgan fingerprint density at radius 2 is 2.14 bits per heavy atom. The number of thioether (sulfide) groups is 1. The quantitative estimate of drug-likeness (QED) is 0.795. The molecule has 1 atom stereocenters. The molecule has 1 unspecified atom stereocenters. The van der Waals surface area contributed by atoms with Gasteiger partial charge in [-0.25, -0.2) is 9.59 Å². The summed E-state index contributed by atoms with van der Waals surface area (Å²) in [6, 6.07) is 4.57. The molecule has 0 spiro atoms. The molecule has 0 heterocycles. The molecule has 2 amide bonds. The molecule has 0 bridgehead atoms. The molecule has 2 N–H and O–H groups in total. The standard InChI is InChI=1S/C14H19BrN2O3S/c1-9(6-7-21-3)17(2)14(20)16-10-4-5-12(15)11(8-10)13(18)19/h4-5,8-9H,6-7H2,1-3H3,(H,16,20)(H,18,19). The normalized spacial score (nSPS) is 11.8. The fraction of sp³-hybridized carbons (Fsp3) is 0.429. The number of halogens is 1. The number of carbonyl (C=O) groups excluding carboxylic acids is 1. The van der Waals surface area contributed by atoms with Gasteiger partial charge in [-0.2, -0.15) is 11.8 Å². The Kier molecular flexibility index (Phi) is 7.04. The monoisotopic (exact) mass is 374 g/mol. The first-order chi connectivity index (χ1) is 9.86.